The Hall–Kier alpha value is -1.97. The zero-order chi connectivity index (χ0) is 20.2. The minimum Gasteiger partial charge on any atom is -0.394 e. The van der Waals surface area contributed by atoms with E-state index in [1.54, 1.807) is 0 Å². The zero-order valence-corrected chi connectivity index (χ0v) is 14.4. The lowest BCUT2D eigenvalue weighted by Gasteiger charge is -2.39. The molecular weight excluding hydrogens is 380 g/mol. The van der Waals surface area contributed by atoms with Gasteiger partial charge in [-0.05, 0) is 0 Å². The number of rotatable bonds is 4. The summed E-state index contributed by atoms with van der Waals surface area (Å²) >= 11 is 0. The molecule has 13 nitrogen and oxygen atoms in total. The monoisotopic (exact) mass is 400 g/mol. The van der Waals surface area contributed by atoms with Crippen molar-refractivity contribution in [3.63, 3.8) is 0 Å². The molecule has 2 aromatic rings. The molecule has 28 heavy (non-hydrogen) atoms. The van der Waals surface area contributed by atoms with Crippen molar-refractivity contribution in [1.82, 2.24) is 19.5 Å². The van der Waals surface area contributed by atoms with Gasteiger partial charge in [-0.15, -0.1) is 0 Å². The van der Waals surface area contributed by atoms with E-state index in [1.807, 2.05) is 0 Å². The number of nitrogens with one attached hydrogen (secondary N) is 1. The first-order chi connectivity index (χ1) is 13.4. The minimum absolute atomic E-state index is 0.0497. The highest BCUT2D eigenvalue weighted by molar-refractivity contribution is 5.69. The van der Waals surface area contributed by atoms with Gasteiger partial charge >= 0.3 is 0 Å². The van der Waals surface area contributed by atoms with Gasteiger partial charge in [-0.2, -0.15) is 0 Å². The summed E-state index contributed by atoms with van der Waals surface area (Å²) in [6, 6.07) is 0. The molecule has 1 unspecified atom stereocenters. The van der Waals surface area contributed by atoms with Crippen LogP contribution >= 0.6 is 0 Å². The van der Waals surface area contributed by atoms with E-state index in [9.17, 15) is 35.4 Å². The third-order valence-electron chi connectivity index (χ3n) is 5.31. The van der Waals surface area contributed by atoms with E-state index in [-0.39, 0.29) is 11.2 Å². The largest absolute Gasteiger partial charge is 0.394 e. The number of hydrogen-bond donors (Lipinski definition) is 7. The number of imidazole rings is 1. The summed E-state index contributed by atoms with van der Waals surface area (Å²) < 4.78 is 12.4. The van der Waals surface area contributed by atoms with Crippen LogP contribution in [0.4, 0.5) is 0 Å². The molecule has 7 N–H and O–H groups in total. The number of aromatic nitrogens is 4. The molecule has 0 bridgehead atoms. The second kappa shape index (κ2) is 6.82. The Kier molecular flexibility index (Phi) is 4.71. The fourth-order valence-electron chi connectivity index (χ4n) is 3.89. The van der Waals surface area contributed by atoms with Gasteiger partial charge in [0.2, 0.25) is 5.72 Å². The Labute approximate surface area is 156 Å². The number of aliphatic hydroxyl groups is 6. The molecule has 0 aromatic carbocycles. The van der Waals surface area contributed by atoms with Gasteiger partial charge in [0, 0.05) is 0 Å². The van der Waals surface area contributed by atoms with Gasteiger partial charge in [0.05, 0.1) is 25.9 Å². The molecule has 0 spiro atoms. The van der Waals surface area contributed by atoms with Crippen LogP contribution in [0, 0.1) is 0 Å². The zero-order valence-electron chi connectivity index (χ0n) is 14.4. The molecule has 13 heteroatoms. The van der Waals surface area contributed by atoms with Crippen molar-refractivity contribution >= 4 is 11.2 Å². The summed E-state index contributed by atoms with van der Waals surface area (Å²) in [7, 11) is 0. The topological polar surface area (TPSA) is 203 Å². The molecule has 4 rings (SSSR count). The lowest BCUT2D eigenvalue weighted by atomic mass is 9.92. The molecule has 2 aliphatic rings. The van der Waals surface area contributed by atoms with E-state index in [2.05, 4.69) is 15.0 Å². The van der Waals surface area contributed by atoms with Crippen LogP contribution in [0.5, 0.6) is 0 Å². The Morgan fingerprint density at radius 3 is 2.39 bits per heavy atom. The van der Waals surface area contributed by atoms with E-state index in [1.165, 1.54) is 0 Å². The van der Waals surface area contributed by atoms with Crippen molar-refractivity contribution in [1.29, 1.82) is 0 Å². The highest BCUT2D eigenvalue weighted by Gasteiger charge is 2.65. The molecular formula is C15H20N4O9. The molecule has 2 aromatic heterocycles. The van der Waals surface area contributed by atoms with E-state index in [0.717, 1.165) is 17.2 Å². The van der Waals surface area contributed by atoms with Crippen LogP contribution in [-0.2, 0) is 15.2 Å². The normalized spacial score (nSPS) is 41.1. The third-order valence-corrected chi connectivity index (χ3v) is 5.31. The Balaban J connectivity index is 1.93. The number of hydrogen-bond acceptors (Lipinski definition) is 11. The van der Waals surface area contributed by atoms with Crippen molar-refractivity contribution < 1.29 is 40.1 Å². The van der Waals surface area contributed by atoms with Crippen LogP contribution in [-0.4, -0.2) is 106 Å². The maximum Gasteiger partial charge on any atom is 0.278 e. The second-order valence-corrected chi connectivity index (χ2v) is 6.80. The summed E-state index contributed by atoms with van der Waals surface area (Å²) in [4.78, 5) is 22.3. The average Bonchev–Trinajstić information content (AvgIpc) is 3.32. The summed E-state index contributed by atoms with van der Waals surface area (Å²) in [5.74, 6) is 0. The number of aromatic amines is 1. The van der Waals surface area contributed by atoms with Crippen LogP contribution < -0.4 is 5.56 Å². The van der Waals surface area contributed by atoms with Gasteiger partial charge in [-0.25, -0.2) is 9.97 Å². The SMILES string of the molecule is O=c1[nH]cnc2c1ncn2[C@]1(C2O[C@H](CO)[C@H](O)[C@H]2O)O[C@H](CO)[C@@H](O)[C@H]1O. The lowest BCUT2D eigenvalue weighted by molar-refractivity contribution is -0.231. The predicted octanol–water partition coefficient (Wildman–Crippen LogP) is -4.63. The molecule has 2 aliphatic heterocycles. The van der Waals surface area contributed by atoms with Crippen LogP contribution in [0.3, 0.4) is 0 Å². The van der Waals surface area contributed by atoms with Crippen molar-refractivity contribution in [2.24, 2.45) is 0 Å². The summed E-state index contributed by atoms with van der Waals surface area (Å²) in [5.41, 5.74) is -2.84. The Morgan fingerprint density at radius 2 is 1.79 bits per heavy atom. The Morgan fingerprint density at radius 1 is 1.07 bits per heavy atom. The molecule has 4 heterocycles. The summed E-state index contributed by atoms with van der Waals surface area (Å²) in [6.45, 7) is -1.30. The highest BCUT2D eigenvalue weighted by atomic mass is 16.6. The minimum atomic E-state index is -2.10. The molecule has 2 fully saturated rings. The smallest absolute Gasteiger partial charge is 0.278 e. The fraction of sp³-hybridized carbons (Fsp3) is 0.667. The maximum atomic E-state index is 12.0. The fourth-order valence-corrected chi connectivity index (χ4v) is 3.89. The molecule has 0 amide bonds. The Bertz CT molecular complexity index is 918. The van der Waals surface area contributed by atoms with Crippen molar-refractivity contribution in [2.45, 2.75) is 48.5 Å². The first-order valence-corrected chi connectivity index (χ1v) is 8.55. The average molecular weight is 400 g/mol. The van der Waals surface area contributed by atoms with E-state index in [4.69, 9.17) is 9.47 Å². The summed E-state index contributed by atoms with van der Waals surface area (Å²) in [5, 5.41) is 60.8. The van der Waals surface area contributed by atoms with Gasteiger partial charge in [-0.3, -0.25) is 9.36 Å². The second-order valence-electron chi connectivity index (χ2n) is 6.80. The van der Waals surface area contributed by atoms with E-state index >= 15 is 0 Å². The van der Waals surface area contributed by atoms with Gasteiger partial charge < -0.3 is 45.1 Å². The van der Waals surface area contributed by atoms with Gasteiger partial charge in [-0.1, -0.05) is 0 Å². The van der Waals surface area contributed by atoms with Crippen molar-refractivity contribution in [3.05, 3.63) is 23.0 Å². The maximum absolute atomic E-state index is 12.0. The lowest BCUT2D eigenvalue weighted by Crippen LogP contribution is -2.58. The molecule has 0 saturated carbocycles. The molecule has 154 valence electrons. The van der Waals surface area contributed by atoms with Crippen LogP contribution in [0.15, 0.2) is 17.4 Å². The first kappa shape index (κ1) is 19.4. The van der Waals surface area contributed by atoms with Crippen molar-refractivity contribution in [2.75, 3.05) is 13.2 Å². The highest BCUT2D eigenvalue weighted by Crippen LogP contribution is 2.45. The third kappa shape index (κ3) is 2.46. The number of H-pyrrole nitrogens is 1. The van der Waals surface area contributed by atoms with Crippen LogP contribution in [0.2, 0.25) is 0 Å². The van der Waals surface area contributed by atoms with Crippen LogP contribution in [0.1, 0.15) is 0 Å². The molecule has 2 saturated heterocycles. The number of ether oxygens (including phenoxy) is 2. The molecule has 0 radical (unpaired) electrons. The van der Waals surface area contributed by atoms with Gasteiger partial charge in [0.25, 0.3) is 5.56 Å². The number of aliphatic hydroxyl groups excluding tert-OH is 6. The van der Waals surface area contributed by atoms with Gasteiger partial charge in [0.1, 0.15) is 42.7 Å². The van der Waals surface area contributed by atoms with E-state index < -0.39 is 67.2 Å². The number of nitrogens with zero attached hydrogens (tertiary/aromatic N) is 3. The van der Waals surface area contributed by atoms with Gasteiger partial charge in [0.15, 0.2) is 11.2 Å². The molecule has 8 atom stereocenters. The predicted molar refractivity (Wildman–Crippen MR) is 87.9 cm³/mol. The van der Waals surface area contributed by atoms with Crippen LogP contribution in [0.25, 0.3) is 11.2 Å². The van der Waals surface area contributed by atoms with Crippen molar-refractivity contribution in [3.8, 4) is 0 Å². The number of fused-ring (bicyclic) bond motifs is 1. The summed E-state index contributed by atoms with van der Waals surface area (Å²) in [6.07, 6.45) is -8.28. The molecule has 0 aliphatic carbocycles. The standard InChI is InChI=1S/C15H20N4O9/c20-1-5-8(22)10(24)12(27-5)15(11(25)9(23)6(2-21)28-15)19-4-18-7-13(19)16-3-17-14(7)26/h3-6,8-12,20-25H,1-2H2,(H,16,17,26)/t5-,6-,8+,9-,10-,11-,12?,15+/m1/s1. The quantitative estimate of drug-likeness (QED) is 0.260. The first-order valence-electron chi connectivity index (χ1n) is 8.55. The van der Waals surface area contributed by atoms with E-state index in [0.29, 0.717) is 0 Å².